The van der Waals surface area contributed by atoms with Gasteiger partial charge < -0.3 is 15.7 Å². The maximum Gasteiger partial charge on any atom is 0.170 e. The average Bonchev–Trinajstić information content (AvgIpc) is 3.14. The molecule has 0 amide bonds. The van der Waals surface area contributed by atoms with Crippen LogP contribution in [0.25, 0.3) is 0 Å². The molecule has 2 fully saturated rings. The second kappa shape index (κ2) is 5.94. The van der Waals surface area contributed by atoms with E-state index in [0.29, 0.717) is 23.3 Å². The Morgan fingerprint density at radius 1 is 1.24 bits per heavy atom. The number of piperidine rings is 1. The average molecular weight is 289 g/mol. The lowest BCUT2D eigenvalue weighted by Gasteiger charge is -2.31. The van der Waals surface area contributed by atoms with Crippen LogP contribution in [0.5, 0.6) is 0 Å². The number of aromatic nitrogens is 2. The molecule has 3 N–H and O–H groups in total. The maximum absolute atomic E-state index is 9.43. The Morgan fingerprint density at radius 3 is 2.48 bits per heavy atom. The van der Waals surface area contributed by atoms with Crippen LogP contribution in [0.4, 0.5) is 11.6 Å². The zero-order valence-corrected chi connectivity index (χ0v) is 12.3. The van der Waals surface area contributed by atoms with E-state index >= 15 is 0 Å². The van der Waals surface area contributed by atoms with Crippen LogP contribution in [-0.4, -0.2) is 34.6 Å². The number of rotatable bonds is 3. The number of nitriles is 1. The zero-order chi connectivity index (χ0) is 14.8. The molecule has 114 valence electrons. The van der Waals surface area contributed by atoms with Crippen LogP contribution in [0, 0.1) is 17.2 Å². The minimum Gasteiger partial charge on any atom is -0.396 e. The normalized spacial score (nSPS) is 20.9. The Kier molecular flexibility index (Phi) is 4.02. The molecule has 0 unspecified atom stereocenters. The summed E-state index contributed by atoms with van der Waals surface area (Å²) in [6.45, 7) is 1.92. The van der Waals surface area contributed by atoms with Gasteiger partial charge in [0.25, 0.3) is 0 Å². The molecular formula is C15H23N5O. The first-order valence-corrected chi connectivity index (χ1v) is 7.88. The van der Waals surface area contributed by atoms with Gasteiger partial charge in [-0.2, -0.15) is 10.4 Å². The first kappa shape index (κ1) is 14.2. The topological polar surface area (TPSA) is 91.1 Å². The molecule has 21 heavy (non-hydrogen) atoms. The van der Waals surface area contributed by atoms with Gasteiger partial charge in [0.05, 0.1) is 6.04 Å². The van der Waals surface area contributed by atoms with E-state index < -0.39 is 0 Å². The van der Waals surface area contributed by atoms with E-state index in [2.05, 4.69) is 16.1 Å². The predicted octanol–water partition coefficient (Wildman–Crippen LogP) is 1.66. The van der Waals surface area contributed by atoms with Gasteiger partial charge in [-0.15, -0.1) is 0 Å². The third-order valence-corrected chi connectivity index (χ3v) is 4.88. The van der Waals surface area contributed by atoms with E-state index in [4.69, 9.17) is 5.73 Å². The number of nitrogens with two attached hydrogens (primary N) is 1. The van der Waals surface area contributed by atoms with Gasteiger partial charge in [-0.3, -0.25) is 0 Å². The molecule has 1 aromatic heterocycles. The number of hydrogen-bond acceptors (Lipinski definition) is 5. The van der Waals surface area contributed by atoms with Crippen molar-refractivity contribution in [1.29, 1.82) is 5.26 Å². The second-order valence-electron chi connectivity index (χ2n) is 6.19. The first-order chi connectivity index (χ1) is 10.2. The molecule has 0 atom stereocenters. The van der Waals surface area contributed by atoms with Crippen LogP contribution in [0.3, 0.4) is 0 Å². The van der Waals surface area contributed by atoms with Crippen LogP contribution in [-0.2, 0) is 0 Å². The van der Waals surface area contributed by atoms with Crippen LogP contribution >= 0.6 is 0 Å². The Hall–Kier alpha value is -1.74. The summed E-state index contributed by atoms with van der Waals surface area (Å²) in [6, 6.07) is 2.58. The summed E-state index contributed by atoms with van der Waals surface area (Å²) >= 11 is 0. The highest BCUT2D eigenvalue weighted by atomic mass is 16.3. The SMILES string of the molecule is N#Cc1c(N2CCC(CO)CC2)nn(C2CCCC2)c1N. The van der Waals surface area contributed by atoms with E-state index in [1.54, 1.807) is 0 Å². The molecule has 1 aromatic rings. The van der Waals surface area contributed by atoms with Crippen molar-refractivity contribution in [3.8, 4) is 6.07 Å². The van der Waals surface area contributed by atoms with E-state index in [1.165, 1.54) is 12.8 Å². The first-order valence-electron chi connectivity index (χ1n) is 7.88. The van der Waals surface area contributed by atoms with Crippen molar-refractivity contribution in [2.75, 3.05) is 30.3 Å². The fourth-order valence-electron chi connectivity index (χ4n) is 3.52. The molecule has 1 saturated carbocycles. The van der Waals surface area contributed by atoms with Gasteiger partial charge in [0.15, 0.2) is 5.82 Å². The fourth-order valence-corrected chi connectivity index (χ4v) is 3.52. The number of nitrogens with zero attached hydrogens (tertiary/aromatic N) is 4. The summed E-state index contributed by atoms with van der Waals surface area (Å²) in [6.07, 6.45) is 6.51. The number of nitrogen functional groups attached to an aromatic ring is 1. The molecule has 1 aliphatic carbocycles. The van der Waals surface area contributed by atoms with Crippen molar-refractivity contribution < 1.29 is 5.11 Å². The monoisotopic (exact) mass is 289 g/mol. The summed E-state index contributed by atoms with van der Waals surface area (Å²) < 4.78 is 1.87. The summed E-state index contributed by atoms with van der Waals surface area (Å²) in [5, 5.41) is 23.3. The minimum absolute atomic E-state index is 0.248. The van der Waals surface area contributed by atoms with E-state index in [0.717, 1.165) is 44.6 Å². The highest BCUT2D eigenvalue weighted by Crippen LogP contribution is 2.35. The lowest BCUT2D eigenvalue weighted by molar-refractivity contribution is 0.202. The second-order valence-corrected chi connectivity index (χ2v) is 6.19. The van der Waals surface area contributed by atoms with Crippen molar-refractivity contribution in [2.45, 2.75) is 44.6 Å². The molecule has 0 spiro atoms. The van der Waals surface area contributed by atoms with Crippen molar-refractivity contribution in [3.63, 3.8) is 0 Å². The minimum atomic E-state index is 0.248. The molecular weight excluding hydrogens is 266 g/mol. The van der Waals surface area contributed by atoms with E-state index in [-0.39, 0.29) is 6.61 Å². The molecule has 6 nitrogen and oxygen atoms in total. The Bertz CT molecular complexity index is 533. The molecule has 2 heterocycles. The number of aliphatic hydroxyl groups is 1. The third-order valence-electron chi connectivity index (χ3n) is 4.88. The highest BCUT2D eigenvalue weighted by Gasteiger charge is 2.28. The van der Waals surface area contributed by atoms with Gasteiger partial charge in [-0.05, 0) is 31.6 Å². The van der Waals surface area contributed by atoms with Crippen LogP contribution in [0.1, 0.15) is 50.1 Å². The van der Waals surface area contributed by atoms with Crippen LogP contribution in [0.2, 0.25) is 0 Å². The molecule has 1 aliphatic heterocycles. The van der Waals surface area contributed by atoms with Crippen LogP contribution in [0.15, 0.2) is 0 Å². The molecule has 0 radical (unpaired) electrons. The van der Waals surface area contributed by atoms with Gasteiger partial charge in [0.2, 0.25) is 0 Å². The smallest absolute Gasteiger partial charge is 0.170 e. The standard InChI is InChI=1S/C15H23N5O/c16-9-13-14(17)20(12-3-1-2-4-12)18-15(13)19-7-5-11(10-21)6-8-19/h11-12,21H,1-8,10,17H2. The Morgan fingerprint density at radius 2 is 1.90 bits per heavy atom. The van der Waals surface area contributed by atoms with Gasteiger partial charge in [0, 0.05) is 19.7 Å². The molecule has 0 aromatic carbocycles. The molecule has 6 heteroatoms. The molecule has 1 saturated heterocycles. The third kappa shape index (κ3) is 2.58. The highest BCUT2D eigenvalue weighted by molar-refractivity contribution is 5.65. The molecule has 0 bridgehead atoms. The van der Waals surface area contributed by atoms with Gasteiger partial charge in [-0.1, -0.05) is 12.8 Å². The molecule has 3 rings (SSSR count). The number of anilines is 2. The van der Waals surface area contributed by atoms with Crippen molar-refractivity contribution >= 4 is 11.6 Å². The van der Waals surface area contributed by atoms with E-state index in [1.807, 2.05) is 4.68 Å². The lowest BCUT2D eigenvalue weighted by atomic mass is 9.98. The summed E-state index contributed by atoms with van der Waals surface area (Å²) in [5.74, 6) is 1.63. The largest absolute Gasteiger partial charge is 0.396 e. The van der Waals surface area contributed by atoms with Crippen molar-refractivity contribution in [2.24, 2.45) is 5.92 Å². The fraction of sp³-hybridized carbons (Fsp3) is 0.733. The number of hydrogen-bond donors (Lipinski definition) is 2. The lowest BCUT2D eigenvalue weighted by Crippen LogP contribution is -2.35. The quantitative estimate of drug-likeness (QED) is 0.883. The maximum atomic E-state index is 9.43. The Balaban J connectivity index is 1.85. The Labute approximate surface area is 125 Å². The molecule has 2 aliphatic rings. The van der Waals surface area contributed by atoms with Crippen LogP contribution < -0.4 is 10.6 Å². The van der Waals surface area contributed by atoms with Gasteiger partial charge >= 0.3 is 0 Å². The summed E-state index contributed by atoms with van der Waals surface area (Å²) in [4.78, 5) is 2.15. The summed E-state index contributed by atoms with van der Waals surface area (Å²) in [5.41, 5.74) is 6.68. The van der Waals surface area contributed by atoms with E-state index in [9.17, 15) is 10.4 Å². The van der Waals surface area contributed by atoms with Crippen molar-refractivity contribution in [3.05, 3.63) is 5.56 Å². The van der Waals surface area contributed by atoms with Crippen molar-refractivity contribution in [1.82, 2.24) is 9.78 Å². The number of aliphatic hydroxyl groups excluding tert-OH is 1. The predicted molar refractivity (Wildman–Crippen MR) is 80.9 cm³/mol. The summed E-state index contributed by atoms with van der Waals surface area (Å²) in [7, 11) is 0. The van der Waals surface area contributed by atoms with Gasteiger partial charge in [-0.25, -0.2) is 4.68 Å². The zero-order valence-electron chi connectivity index (χ0n) is 12.3. The van der Waals surface area contributed by atoms with Gasteiger partial charge in [0.1, 0.15) is 17.5 Å².